The number of nitrogens with two attached hydrogens (primary N) is 1. The first-order chi connectivity index (χ1) is 8.08. The van der Waals surface area contributed by atoms with Crippen LogP contribution in [0, 0.1) is 12.7 Å². The summed E-state index contributed by atoms with van der Waals surface area (Å²) in [6.07, 6.45) is 0. The van der Waals surface area contributed by atoms with Crippen molar-refractivity contribution in [3.8, 4) is 0 Å². The topological polar surface area (TPSA) is 55.1 Å². The van der Waals surface area contributed by atoms with E-state index in [1.807, 2.05) is 6.92 Å². The monoisotopic (exact) mass is 250 g/mol. The van der Waals surface area contributed by atoms with E-state index in [4.69, 9.17) is 5.73 Å². The van der Waals surface area contributed by atoms with Crippen LogP contribution in [0.25, 0.3) is 0 Å². The van der Waals surface area contributed by atoms with E-state index in [9.17, 15) is 9.18 Å². The van der Waals surface area contributed by atoms with E-state index in [0.717, 1.165) is 4.88 Å². The van der Waals surface area contributed by atoms with Gasteiger partial charge in [0.25, 0.3) is 5.91 Å². The van der Waals surface area contributed by atoms with Crippen LogP contribution in [0.2, 0.25) is 0 Å². The molecule has 0 atom stereocenters. The van der Waals surface area contributed by atoms with E-state index < -0.39 is 5.82 Å². The van der Waals surface area contributed by atoms with Crippen LogP contribution in [0.5, 0.6) is 0 Å². The van der Waals surface area contributed by atoms with Gasteiger partial charge in [0.05, 0.1) is 10.6 Å². The molecule has 3 N–H and O–H groups in total. The third kappa shape index (κ3) is 2.45. The van der Waals surface area contributed by atoms with Crippen LogP contribution >= 0.6 is 11.3 Å². The molecule has 17 heavy (non-hydrogen) atoms. The van der Waals surface area contributed by atoms with Crippen LogP contribution in [-0.4, -0.2) is 5.91 Å². The predicted octanol–water partition coefficient (Wildman–Crippen LogP) is 3.03. The number of aryl methyl sites for hydroxylation is 1. The van der Waals surface area contributed by atoms with Crippen molar-refractivity contribution in [2.75, 3.05) is 11.1 Å². The zero-order valence-corrected chi connectivity index (χ0v) is 9.98. The van der Waals surface area contributed by atoms with Crippen molar-refractivity contribution in [1.29, 1.82) is 0 Å². The highest BCUT2D eigenvalue weighted by Crippen LogP contribution is 2.24. The third-order valence-corrected chi connectivity index (χ3v) is 3.37. The van der Waals surface area contributed by atoms with Crippen LogP contribution in [0.1, 0.15) is 14.5 Å². The maximum Gasteiger partial charge on any atom is 0.265 e. The van der Waals surface area contributed by atoms with Gasteiger partial charge in [-0.2, -0.15) is 0 Å². The number of para-hydroxylation sites is 1. The summed E-state index contributed by atoms with van der Waals surface area (Å²) >= 11 is 1.29. The van der Waals surface area contributed by atoms with Crippen LogP contribution in [0.4, 0.5) is 15.8 Å². The molecular weight excluding hydrogens is 239 g/mol. The first kappa shape index (κ1) is 11.6. The van der Waals surface area contributed by atoms with Gasteiger partial charge < -0.3 is 11.1 Å². The third-order valence-electron chi connectivity index (χ3n) is 2.30. The smallest absolute Gasteiger partial charge is 0.265 e. The Hall–Kier alpha value is -1.88. The average Bonchev–Trinajstić information content (AvgIpc) is 2.63. The number of benzene rings is 1. The molecule has 0 bridgehead atoms. The molecule has 0 aliphatic carbocycles. The molecular formula is C12H11FN2OS. The van der Waals surface area contributed by atoms with Gasteiger partial charge in [0.2, 0.25) is 0 Å². The molecule has 1 aromatic carbocycles. The summed E-state index contributed by atoms with van der Waals surface area (Å²) < 4.78 is 13.3. The number of carbonyl (C=O) groups is 1. The molecule has 0 unspecified atom stereocenters. The Balaban J connectivity index is 2.20. The number of thiophene rings is 1. The lowest BCUT2D eigenvalue weighted by molar-refractivity contribution is 0.103. The number of nitrogens with one attached hydrogen (secondary N) is 1. The highest BCUT2D eigenvalue weighted by molar-refractivity contribution is 7.14. The van der Waals surface area contributed by atoms with E-state index in [1.165, 1.54) is 23.5 Å². The minimum absolute atomic E-state index is 0.169. The molecule has 5 heteroatoms. The van der Waals surface area contributed by atoms with Crippen LogP contribution in [0.15, 0.2) is 30.3 Å². The highest BCUT2D eigenvalue weighted by Gasteiger charge is 2.12. The van der Waals surface area contributed by atoms with Gasteiger partial charge in [-0.3, -0.25) is 4.79 Å². The summed E-state index contributed by atoms with van der Waals surface area (Å²) in [6, 6.07) is 7.63. The minimum Gasteiger partial charge on any atom is -0.398 e. The Kier molecular flexibility index (Phi) is 3.10. The maximum atomic E-state index is 13.3. The van der Waals surface area contributed by atoms with Crippen molar-refractivity contribution >= 4 is 28.6 Å². The second-order valence-corrected chi connectivity index (χ2v) is 4.81. The molecule has 1 amide bonds. The van der Waals surface area contributed by atoms with Gasteiger partial charge in [-0.05, 0) is 25.1 Å². The van der Waals surface area contributed by atoms with E-state index in [2.05, 4.69) is 5.32 Å². The van der Waals surface area contributed by atoms with E-state index >= 15 is 0 Å². The summed E-state index contributed by atoms with van der Waals surface area (Å²) in [6.45, 7) is 1.83. The number of hydrogen-bond donors (Lipinski definition) is 2. The Labute approximate surface area is 102 Å². The highest BCUT2D eigenvalue weighted by atomic mass is 32.1. The number of hydrogen-bond acceptors (Lipinski definition) is 3. The lowest BCUT2D eigenvalue weighted by atomic mass is 10.3. The van der Waals surface area contributed by atoms with Gasteiger partial charge in [0.1, 0.15) is 5.82 Å². The van der Waals surface area contributed by atoms with Crippen molar-refractivity contribution < 1.29 is 9.18 Å². The second-order valence-electron chi connectivity index (χ2n) is 3.56. The van der Waals surface area contributed by atoms with E-state index in [0.29, 0.717) is 10.6 Å². The summed E-state index contributed by atoms with van der Waals surface area (Å²) in [5.74, 6) is -0.804. The fourth-order valence-electron chi connectivity index (χ4n) is 1.35. The van der Waals surface area contributed by atoms with Gasteiger partial charge in [-0.25, -0.2) is 4.39 Å². The standard InChI is InChI=1S/C12H11FN2OS/c1-7-9(14)6-11(17-7)12(16)15-10-5-3-2-4-8(10)13/h2-6H,14H2,1H3,(H,15,16). The number of halogens is 1. The summed E-state index contributed by atoms with van der Waals surface area (Å²) in [7, 11) is 0. The lowest BCUT2D eigenvalue weighted by Crippen LogP contribution is -2.11. The maximum absolute atomic E-state index is 13.3. The summed E-state index contributed by atoms with van der Waals surface area (Å²) in [5.41, 5.74) is 6.40. The largest absolute Gasteiger partial charge is 0.398 e. The molecule has 0 fully saturated rings. The number of rotatable bonds is 2. The summed E-state index contributed by atoms with van der Waals surface area (Å²) in [4.78, 5) is 13.2. The Morgan fingerprint density at radius 1 is 1.41 bits per heavy atom. The molecule has 0 radical (unpaired) electrons. The zero-order valence-electron chi connectivity index (χ0n) is 9.16. The molecule has 2 aromatic rings. The average molecular weight is 250 g/mol. The van der Waals surface area contributed by atoms with Gasteiger partial charge in [0, 0.05) is 10.6 Å². The molecule has 1 aromatic heterocycles. The Bertz CT molecular complexity index is 546. The molecule has 88 valence electrons. The fourth-order valence-corrected chi connectivity index (χ4v) is 2.19. The molecule has 0 saturated heterocycles. The molecule has 0 saturated carbocycles. The van der Waals surface area contributed by atoms with Crippen molar-refractivity contribution in [1.82, 2.24) is 0 Å². The number of anilines is 2. The number of nitrogen functional groups attached to an aromatic ring is 1. The zero-order chi connectivity index (χ0) is 12.4. The normalized spacial score (nSPS) is 10.2. The molecule has 0 spiro atoms. The second kappa shape index (κ2) is 4.55. The SMILES string of the molecule is Cc1sc(C(=O)Nc2ccccc2F)cc1N. The van der Waals surface area contributed by atoms with Crippen molar-refractivity contribution in [3.63, 3.8) is 0 Å². The first-order valence-corrected chi connectivity index (χ1v) is 5.81. The van der Waals surface area contributed by atoms with Gasteiger partial charge in [-0.1, -0.05) is 12.1 Å². The van der Waals surface area contributed by atoms with Crippen molar-refractivity contribution in [3.05, 3.63) is 45.9 Å². The summed E-state index contributed by atoms with van der Waals surface area (Å²) in [5, 5.41) is 2.51. The van der Waals surface area contributed by atoms with Crippen LogP contribution in [-0.2, 0) is 0 Å². The predicted molar refractivity (Wildman–Crippen MR) is 67.8 cm³/mol. The molecule has 0 aliphatic heterocycles. The van der Waals surface area contributed by atoms with Gasteiger partial charge in [-0.15, -0.1) is 11.3 Å². The first-order valence-electron chi connectivity index (χ1n) is 4.99. The molecule has 1 heterocycles. The molecule has 2 rings (SSSR count). The minimum atomic E-state index is -0.456. The van der Waals surface area contributed by atoms with Crippen LogP contribution in [0.3, 0.4) is 0 Å². The van der Waals surface area contributed by atoms with E-state index in [1.54, 1.807) is 18.2 Å². The quantitative estimate of drug-likeness (QED) is 0.860. The lowest BCUT2D eigenvalue weighted by Gasteiger charge is -2.03. The van der Waals surface area contributed by atoms with E-state index in [-0.39, 0.29) is 11.6 Å². The van der Waals surface area contributed by atoms with Crippen molar-refractivity contribution in [2.24, 2.45) is 0 Å². The molecule has 3 nitrogen and oxygen atoms in total. The fraction of sp³-hybridized carbons (Fsp3) is 0.0833. The van der Waals surface area contributed by atoms with Gasteiger partial charge in [0.15, 0.2) is 0 Å². The van der Waals surface area contributed by atoms with Crippen LogP contribution < -0.4 is 11.1 Å². The Morgan fingerprint density at radius 2 is 2.12 bits per heavy atom. The number of carbonyl (C=O) groups excluding carboxylic acids is 1. The number of amides is 1. The molecule has 0 aliphatic rings. The Morgan fingerprint density at radius 3 is 2.71 bits per heavy atom. The van der Waals surface area contributed by atoms with Crippen molar-refractivity contribution in [2.45, 2.75) is 6.92 Å². The van der Waals surface area contributed by atoms with Gasteiger partial charge >= 0.3 is 0 Å².